The average molecular weight is 271 g/mol. The Bertz CT molecular complexity index is 398. The summed E-state index contributed by atoms with van der Waals surface area (Å²) in [5.74, 6) is 0. The number of halogens is 1. The third-order valence-electron chi connectivity index (χ3n) is 2.36. The molecule has 0 spiro atoms. The van der Waals surface area contributed by atoms with Gasteiger partial charge < -0.3 is 10.1 Å². The maximum atomic E-state index is 12.2. The molecule has 0 aliphatic rings. The average Bonchev–Trinajstić information content (AvgIpc) is 2.71. The van der Waals surface area contributed by atoms with Gasteiger partial charge in [0, 0.05) is 20.4 Å². The minimum atomic E-state index is -1.03. The van der Waals surface area contributed by atoms with E-state index < -0.39 is 8.07 Å². The molecule has 102 valence electrons. The predicted molar refractivity (Wildman–Crippen MR) is 74.8 cm³/mol. The second-order valence-corrected chi connectivity index (χ2v) is 11.2. The molecule has 1 aromatic rings. The molecule has 1 rings (SSSR count). The summed E-state index contributed by atoms with van der Waals surface area (Å²) in [5, 5.41) is 7.01. The molecule has 0 radical (unpaired) electrons. The molecule has 4 nitrogen and oxygen atoms in total. The Labute approximate surface area is 109 Å². The van der Waals surface area contributed by atoms with E-state index in [9.17, 15) is 4.39 Å². The van der Waals surface area contributed by atoms with E-state index in [4.69, 9.17) is 4.74 Å². The molecule has 0 saturated heterocycles. The zero-order valence-electron chi connectivity index (χ0n) is 11.5. The van der Waals surface area contributed by atoms with Crippen molar-refractivity contribution in [3.8, 4) is 0 Å². The summed E-state index contributed by atoms with van der Waals surface area (Å²) in [6.45, 7) is 9.81. The fourth-order valence-corrected chi connectivity index (χ4v) is 2.05. The van der Waals surface area contributed by atoms with Crippen LogP contribution in [0.1, 0.15) is 6.92 Å². The highest BCUT2D eigenvalue weighted by molar-refractivity contribution is 6.76. The van der Waals surface area contributed by atoms with Crippen molar-refractivity contribution in [2.24, 2.45) is 0 Å². The van der Waals surface area contributed by atoms with Gasteiger partial charge in [0.05, 0.1) is 18.1 Å². The molecular weight excluding hydrogens is 249 g/mol. The fraction of sp³-hybridized carbons (Fsp3) is 0.583. The van der Waals surface area contributed by atoms with Crippen LogP contribution in [-0.2, 0) is 11.5 Å². The van der Waals surface area contributed by atoms with Crippen molar-refractivity contribution in [1.82, 2.24) is 9.78 Å². The molecule has 0 aliphatic heterocycles. The number of allylic oxidation sites excluding steroid dienone is 1. The van der Waals surface area contributed by atoms with E-state index in [0.29, 0.717) is 18.8 Å². The van der Waals surface area contributed by atoms with Crippen LogP contribution in [0, 0.1) is 0 Å². The molecular formula is C12H22FN3OSi. The van der Waals surface area contributed by atoms with Gasteiger partial charge in [-0.15, -0.1) is 0 Å². The molecule has 6 heteroatoms. The summed E-state index contributed by atoms with van der Waals surface area (Å²) in [7, 11) is -1.03. The fourth-order valence-electron chi connectivity index (χ4n) is 1.29. The lowest BCUT2D eigenvalue weighted by atomic mass is 10.5. The number of hydrogen-bond acceptors (Lipinski definition) is 3. The van der Waals surface area contributed by atoms with Crippen LogP contribution in [-0.4, -0.2) is 24.5 Å². The molecule has 18 heavy (non-hydrogen) atoms. The van der Waals surface area contributed by atoms with Gasteiger partial charge in [0.25, 0.3) is 0 Å². The van der Waals surface area contributed by atoms with Crippen LogP contribution >= 0.6 is 0 Å². The highest BCUT2D eigenvalue weighted by atomic mass is 28.3. The van der Waals surface area contributed by atoms with Gasteiger partial charge in [-0.3, -0.25) is 0 Å². The molecule has 0 saturated carbocycles. The highest BCUT2D eigenvalue weighted by Crippen LogP contribution is 2.10. The Morgan fingerprint density at radius 3 is 2.89 bits per heavy atom. The summed E-state index contributed by atoms with van der Waals surface area (Å²) < 4.78 is 19.4. The first-order valence-electron chi connectivity index (χ1n) is 6.05. The Balaban J connectivity index is 2.31. The molecule has 0 aromatic carbocycles. The number of ether oxygens (including phenoxy) is 1. The van der Waals surface area contributed by atoms with Crippen molar-refractivity contribution in [2.75, 3.05) is 11.9 Å². The predicted octanol–water partition coefficient (Wildman–Crippen LogP) is 3.44. The van der Waals surface area contributed by atoms with Gasteiger partial charge >= 0.3 is 0 Å². The summed E-state index contributed by atoms with van der Waals surface area (Å²) in [4.78, 5) is 0. The van der Waals surface area contributed by atoms with Crippen LogP contribution in [0.3, 0.4) is 0 Å². The number of hydrogen-bond donors (Lipinski definition) is 1. The molecule has 0 fully saturated rings. The van der Waals surface area contributed by atoms with Crippen molar-refractivity contribution < 1.29 is 9.13 Å². The first-order chi connectivity index (χ1) is 8.40. The van der Waals surface area contributed by atoms with Gasteiger partial charge in [0.2, 0.25) is 0 Å². The molecule has 0 aliphatic carbocycles. The van der Waals surface area contributed by atoms with Crippen molar-refractivity contribution in [3.05, 3.63) is 24.4 Å². The second kappa shape index (κ2) is 6.70. The van der Waals surface area contributed by atoms with Crippen molar-refractivity contribution in [1.29, 1.82) is 0 Å². The van der Waals surface area contributed by atoms with E-state index >= 15 is 0 Å². The third kappa shape index (κ3) is 5.97. The Kier molecular flexibility index (Phi) is 5.55. The number of anilines is 1. The maximum Gasteiger partial charge on any atom is 0.139 e. The van der Waals surface area contributed by atoms with E-state index in [1.165, 1.54) is 0 Å². The van der Waals surface area contributed by atoms with Crippen LogP contribution in [0.4, 0.5) is 10.1 Å². The SMILES string of the molecule is C/C(=C/F)Nc1cnn(COCC[Si](C)(C)C)c1. The minimum Gasteiger partial charge on any atom is -0.360 e. The quantitative estimate of drug-likeness (QED) is 0.610. The lowest BCUT2D eigenvalue weighted by Crippen LogP contribution is -2.22. The van der Waals surface area contributed by atoms with Gasteiger partial charge in [-0.1, -0.05) is 19.6 Å². The van der Waals surface area contributed by atoms with Crippen LogP contribution in [0.25, 0.3) is 0 Å². The standard InChI is InChI=1S/C12H22FN3OSi/c1-11(7-13)15-12-8-14-16(9-12)10-17-5-6-18(2,3)4/h7-9,15H,5-6,10H2,1-4H3/b11-7-. The third-order valence-corrected chi connectivity index (χ3v) is 4.06. The van der Waals surface area contributed by atoms with Gasteiger partial charge in [0.15, 0.2) is 0 Å². The number of rotatable bonds is 7. The molecule has 0 bridgehead atoms. The van der Waals surface area contributed by atoms with Crippen molar-refractivity contribution in [2.45, 2.75) is 39.3 Å². The number of nitrogens with one attached hydrogen (secondary N) is 1. The van der Waals surface area contributed by atoms with Gasteiger partial charge in [-0.05, 0) is 13.0 Å². The Morgan fingerprint density at radius 2 is 2.28 bits per heavy atom. The van der Waals surface area contributed by atoms with Crippen LogP contribution in [0.5, 0.6) is 0 Å². The zero-order valence-corrected chi connectivity index (χ0v) is 12.5. The molecule has 1 N–H and O–H groups in total. The monoisotopic (exact) mass is 271 g/mol. The normalized spacial score (nSPS) is 12.8. The Morgan fingerprint density at radius 1 is 1.56 bits per heavy atom. The molecule has 1 aromatic heterocycles. The topological polar surface area (TPSA) is 39.1 Å². The van der Waals surface area contributed by atoms with E-state index in [2.05, 4.69) is 30.1 Å². The van der Waals surface area contributed by atoms with E-state index in [1.54, 1.807) is 24.0 Å². The Hall–Kier alpha value is -1.14. The van der Waals surface area contributed by atoms with E-state index in [-0.39, 0.29) is 0 Å². The molecule has 0 unspecified atom stereocenters. The molecule has 0 amide bonds. The second-order valence-electron chi connectivity index (χ2n) is 5.53. The van der Waals surface area contributed by atoms with E-state index in [0.717, 1.165) is 18.3 Å². The minimum absolute atomic E-state index is 0.435. The number of aromatic nitrogens is 2. The molecule has 1 heterocycles. The van der Waals surface area contributed by atoms with Crippen LogP contribution < -0.4 is 5.32 Å². The first-order valence-corrected chi connectivity index (χ1v) is 9.75. The summed E-state index contributed by atoms with van der Waals surface area (Å²) in [5.41, 5.74) is 1.21. The van der Waals surface area contributed by atoms with E-state index in [1.807, 2.05) is 0 Å². The summed E-state index contributed by atoms with van der Waals surface area (Å²) >= 11 is 0. The van der Waals surface area contributed by atoms with Crippen molar-refractivity contribution >= 4 is 13.8 Å². The largest absolute Gasteiger partial charge is 0.360 e. The molecule has 0 atom stereocenters. The maximum absolute atomic E-state index is 12.2. The van der Waals surface area contributed by atoms with Gasteiger partial charge in [0.1, 0.15) is 13.1 Å². The summed E-state index contributed by atoms with van der Waals surface area (Å²) in [6, 6.07) is 1.14. The smallest absolute Gasteiger partial charge is 0.139 e. The highest BCUT2D eigenvalue weighted by Gasteiger charge is 2.11. The van der Waals surface area contributed by atoms with Gasteiger partial charge in [-0.2, -0.15) is 5.10 Å². The zero-order chi connectivity index (χ0) is 13.6. The summed E-state index contributed by atoms with van der Waals surface area (Å²) in [6.07, 6.45) is 3.97. The first kappa shape index (κ1) is 14.9. The van der Waals surface area contributed by atoms with Crippen LogP contribution in [0.2, 0.25) is 25.7 Å². The van der Waals surface area contributed by atoms with Crippen molar-refractivity contribution in [3.63, 3.8) is 0 Å². The number of nitrogens with zero attached hydrogens (tertiary/aromatic N) is 2. The van der Waals surface area contributed by atoms with Crippen LogP contribution in [0.15, 0.2) is 24.4 Å². The lowest BCUT2D eigenvalue weighted by Gasteiger charge is -2.15. The lowest BCUT2D eigenvalue weighted by molar-refractivity contribution is 0.0786. The van der Waals surface area contributed by atoms with Gasteiger partial charge in [-0.25, -0.2) is 9.07 Å².